The molecule has 7 heteroatoms. The molecule has 126 valence electrons. The normalized spacial score (nSPS) is 24.8. The van der Waals surface area contributed by atoms with Crippen molar-refractivity contribution in [3.8, 4) is 0 Å². The number of amides is 1. The van der Waals surface area contributed by atoms with Crippen LogP contribution in [0.3, 0.4) is 0 Å². The van der Waals surface area contributed by atoms with Gasteiger partial charge in [-0.05, 0) is 32.6 Å². The lowest BCUT2D eigenvalue weighted by Crippen LogP contribution is -2.49. The molecule has 2 unspecified atom stereocenters. The van der Waals surface area contributed by atoms with Crippen LogP contribution in [0.25, 0.3) is 0 Å². The van der Waals surface area contributed by atoms with Gasteiger partial charge in [0, 0.05) is 37.9 Å². The van der Waals surface area contributed by atoms with Crippen LogP contribution in [0.2, 0.25) is 0 Å². The third-order valence-electron chi connectivity index (χ3n) is 4.78. The monoisotopic (exact) mass is 320 g/mol. The zero-order chi connectivity index (χ0) is 16.6. The lowest BCUT2D eigenvalue weighted by molar-refractivity contribution is -0.144. The standard InChI is InChI=1S/C16H24N4O3/c1-3-19-10-11(8-17-19)9-18(2)15(21)13-6-7-14(16(22)23)20(13)12-4-5-12/h8,10,12-14H,3-7,9H2,1-2H3,(H,22,23). The van der Waals surface area contributed by atoms with Crippen molar-refractivity contribution in [2.24, 2.45) is 0 Å². The van der Waals surface area contributed by atoms with Crippen LogP contribution >= 0.6 is 0 Å². The van der Waals surface area contributed by atoms with Crippen LogP contribution in [0.5, 0.6) is 0 Å². The van der Waals surface area contributed by atoms with E-state index in [2.05, 4.69) is 5.10 Å². The highest BCUT2D eigenvalue weighted by Crippen LogP contribution is 2.37. The van der Waals surface area contributed by atoms with Crippen LogP contribution in [0, 0.1) is 0 Å². The molecule has 7 nitrogen and oxygen atoms in total. The number of carboxylic acid groups (broad SMARTS) is 1. The first-order valence-electron chi connectivity index (χ1n) is 8.27. The van der Waals surface area contributed by atoms with Gasteiger partial charge in [0.1, 0.15) is 6.04 Å². The highest BCUT2D eigenvalue weighted by molar-refractivity contribution is 5.84. The van der Waals surface area contributed by atoms with Gasteiger partial charge in [0.2, 0.25) is 5.91 Å². The van der Waals surface area contributed by atoms with E-state index in [1.54, 1.807) is 18.1 Å². The summed E-state index contributed by atoms with van der Waals surface area (Å²) in [6.07, 6.45) is 6.91. The molecule has 0 spiro atoms. The lowest BCUT2D eigenvalue weighted by atomic mass is 10.1. The second-order valence-electron chi connectivity index (χ2n) is 6.52. The summed E-state index contributed by atoms with van der Waals surface area (Å²) >= 11 is 0. The maximum atomic E-state index is 12.8. The molecule has 2 atom stereocenters. The Hall–Kier alpha value is -1.89. The molecule has 3 rings (SSSR count). The summed E-state index contributed by atoms with van der Waals surface area (Å²) in [6.45, 7) is 3.32. The molecule has 1 aliphatic heterocycles. The van der Waals surface area contributed by atoms with Gasteiger partial charge >= 0.3 is 5.97 Å². The first-order chi connectivity index (χ1) is 11.0. The van der Waals surface area contributed by atoms with E-state index in [1.807, 2.05) is 22.7 Å². The fraction of sp³-hybridized carbons (Fsp3) is 0.688. The topological polar surface area (TPSA) is 78.7 Å². The summed E-state index contributed by atoms with van der Waals surface area (Å²) in [7, 11) is 1.78. The van der Waals surface area contributed by atoms with Crippen molar-refractivity contribution in [1.29, 1.82) is 0 Å². The highest BCUT2D eigenvalue weighted by Gasteiger charge is 2.48. The van der Waals surface area contributed by atoms with Crippen molar-refractivity contribution in [3.05, 3.63) is 18.0 Å². The van der Waals surface area contributed by atoms with Crippen LogP contribution in [0.1, 0.15) is 38.2 Å². The Balaban J connectivity index is 1.67. The predicted octanol–water partition coefficient (Wildman–Crippen LogP) is 0.941. The summed E-state index contributed by atoms with van der Waals surface area (Å²) in [6, 6.07) is -0.536. The average molecular weight is 320 g/mol. The number of aryl methyl sites for hydroxylation is 1. The Morgan fingerprint density at radius 1 is 1.30 bits per heavy atom. The number of likely N-dealkylation sites (tertiary alicyclic amines) is 1. The molecule has 1 aromatic heterocycles. The first-order valence-corrected chi connectivity index (χ1v) is 8.27. The van der Waals surface area contributed by atoms with E-state index >= 15 is 0 Å². The summed E-state index contributed by atoms with van der Waals surface area (Å²) in [5.41, 5.74) is 0.994. The van der Waals surface area contributed by atoms with Crippen molar-refractivity contribution < 1.29 is 14.7 Å². The maximum absolute atomic E-state index is 12.8. The molecule has 0 bridgehead atoms. The Labute approximate surface area is 135 Å². The molecule has 1 N–H and O–H groups in total. The zero-order valence-corrected chi connectivity index (χ0v) is 13.7. The number of hydrogen-bond acceptors (Lipinski definition) is 4. The number of carboxylic acids is 1. The van der Waals surface area contributed by atoms with E-state index in [1.165, 1.54) is 0 Å². The Morgan fingerprint density at radius 2 is 2.00 bits per heavy atom. The number of aromatic nitrogens is 2. The molecule has 1 saturated carbocycles. The van der Waals surface area contributed by atoms with Crippen molar-refractivity contribution in [3.63, 3.8) is 0 Å². The van der Waals surface area contributed by atoms with Crippen molar-refractivity contribution in [1.82, 2.24) is 19.6 Å². The number of hydrogen-bond donors (Lipinski definition) is 1. The van der Waals surface area contributed by atoms with E-state index in [9.17, 15) is 14.7 Å². The maximum Gasteiger partial charge on any atom is 0.320 e. The third kappa shape index (κ3) is 3.24. The van der Waals surface area contributed by atoms with Gasteiger partial charge in [0.15, 0.2) is 0 Å². The quantitative estimate of drug-likeness (QED) is 0.844. The Morgan fingerprint density at radius 3 is 2.57 bits per heavy atom. The van der Waals surface area contributed by atoms with Crippen LogP contribution in [0.15, 0.2) is 12.4 Å². The number of aliphatic carboxylic acids is 1. The molecular weight excluding hydrogens is 296 g/mol. The molecule has 2 heterocycles. The van der Waals surface area contributed by atoms with Gasteiger partial charge in [0.05, 0.1) is 12.2 Å². The molecular formula is C16H24N4O3. The molecule has 0 aromatic carbocycles. The van der Waals surface area contributed by atoms with E-state index in [4.69, 9.17) is 0 Å². The number of likely N-dealkylation sites (N-methyl/N-ethyl adjacent to an activating group) is 1. The molecule has 0 radical (unpaired) electrons. The number of carbonyl (C=O) groups is 2. The van der Waals surface area contributed by atoms with Crippen molar-refractivity contribution >= 4 is 11.9 Å². The van der Waals surface area contributed by atoms with Gasteiger partial charge in [-0.15, -0.1) is 0 Å². The Kier molecular flexibility index (Phi) is 4.39. The van der Waals surface area contributed by atoms with E-state index in [0.717, 1.165) is 24.9 Å². The van der Waals surface area contributed by atoms with E-state index in [-0.39, 0.29) is 18.0 Å². The van der Waals surface area contributed by atoms with Crippen molar-refractivity contribution in [2.75, 3.05) is 7.05 Å². The molecule has 1 aromatic rings. The average Bonchev–Trinajstić information content (AvgIpc) is 3.10. The van der Waals surface area contributed by atoms with Gasteiger partial charge in [-0.25, -0.2) is 0 Å². The van der Waals surface area contributed by atoms with Gasteiger partial charge in [-0.1, -0.05) is 0 Å². The van der Waals surface area contributed by atoms with Gasteiger partial charge in [-0.2, -0.15) is 5.10 Å². The molecule has 2 aliphatic rings. The zero-order valence-electron chi connectivity index (χ0n) is 13.7. The third-order valence-corrected chi connectivity index (χ3v) is 4.78. The summed E-state index contributed by atoms with van der Waals surface area (Å²) in [4.78, 5) is 27.9. The molecule has 1 saturated heterocycles. The predicted molar refractivity (Wildman–Crippen MR) is 83.7 cm³/mol. The summed E-state index contributed by atoms with van der Waals surface area (Å²) < 4.78 is 1.83. The number of rotatable bonds is 6. The summed E-state index contributed by atoms with van der Waals surface area (Å²) in [5, 5.41) is 13.6. The number of nitrogens with zero attached hydrogens (tertiary/aromatic N) is 4. The fourth-order valence-electron chi connectivity index (χ4n) is 3.48. The lowest BCUT2D eigenvalue weighted by Gasteiger charge is -2.30. The minimum Gasteiger partial charge on any atom is -0.480 e. The van der Waals surface area contributed by atoms with E-state index in [0.29, 0.717) is 19.4 Å². The largest absolute Gasteiger partial charge is 0.480 e. The molecule has 1 aliphatic carbocycles. The fourth-order valence-corrected chi connectivity index (χ4v) is 3.48. The van der Waals surface area contributed by atoms with Gasteiger partial charge in [0.25, 0.3) is 0 Å². The van der Waals surface area contributed by atoms with Crippen LogP contribution < -0.4 is 0 Å². The van der Waals surface area contributed by atoms with E-state index < -0.39 is 12.0 Å². The van der Waals surface area contributed by atoms with Gasteiger partial charge in [-0.3, -0.25) is 19.2 Å². The first kappa shape index (κ1) is 16.0. The minimum atomic E-state index is -0.806. The molecule has 23 heavy (non-hydrogen) atoms. The molecule has 2 fully saturated rings. The highest BCUT2D eigenvalue weighted by atomic mass is 16.4. The second-order valence-corrected chi connectivity index (χ2v) is 6.52. The van der Waals surface area contributed by atoms with Crippen LogP contribution in [0.4, 0.5) is 0 Å². The van der Waals surface area contributed by atoms with Crippen LogP contribution in [-0.4, -0.2) is 61.7 Å². The van der Waals surface area contributed by atoms with Gasteiger partial charge < -0.3 is 10.0 Å². The smallest absolute Gasteiger partial charge is 0.320 e. The number of carbonyl (C=O) groups excluding carboxylic acids is 1. The summed E-state index contributed by atoms with van der Waals surface area (Å²) in [5.74, 6) is -0.788. The van der Waals surface area contributed by atoms with Crippen molar-refractivity contribution in [2.45, 2.75) is 63.8 Å². The minimum absolute atomic E-state index is 0.0184. The SMILES string of the molecule is CCn1cc(CN(C)C(=O)C2CCC(C(=O)O)N2C2CC2)cn1. The second kappa shape index (κ2) is 6.31. The Bertz CT molecular complexity index is 596. The molecule has 1 amide bonds. The van der Waals surface area contributed by atoms with Crippen LogP contribution in [-0.2, 0) is 22.7 Å².